The van der Waals surface area contributed by atoms with Crippen molar-refractivity contribution in [3.63, 3.8) is 0 Å². The van der Waals surface area contributed by atoms with Crippen molar-refractivity contribution in [2.24, 2.45) is 5.92 Å². The molecule has 106 valence electrons. The van der Waals surface area contributed by atoms with Crippen molar-refractivity contribution >= 4 is 12.6 Å². The Labute approximate surface area is 113 Å². The first kappa shape index (κ1) is 16.0. The van der Waals surface area contributed by atoms with Crippen molar-refractivity contribution < 1.29 is 23.9 Å². The Hall–Kier alpha value is -1.11. The van der Waals surface area contributed by atoms with Gasteiger partial charge in [-0.3, -0.25) is 0 Å². The minimum atomic E-state index is -1.76. The van der Waals surface area contributed by atoms with Crippen LogP contribution in [0.25, 0.3) is 0 Å². The molecule has 1 aromatic rings. The summed E-state index contributed by atoms with van der Waals surface area (Å²) in [6.07, 6.45) is 0.983. The zero-order valence-electron chi connectivity index (χ0n) is 11.3. The fourth-order valence-corrected chi connectivity index (χ4v) is 1.48. The lowest BCUT2D eigenvalue weighted by Crippen LogP contribution is -2.32. The van der Waals surface area contributed by atoms with Gasteiger partial charge in [0, 0.05) is 12.1 Å². The SMILES string of the molecule is CC(C)CCOCCOc1ccc(F)cc1B(O)O. The molecule has 0 saturated heterocycles. The van der Waals surface area contributed by atoms with Crippen LogP contribution < -0.4 is 10.2 Å². The maximum atomic E-state index is 13.0. The Morgan fingerprint density at radius 2 is 1.95 bits per heavy atom. The van der Waals surface area contributed by atoms with E-state index in [2.05, 4.69) is 13.8 Å². The second kappa shape index (κ2) is 8.14. The van der Waals surface area contributed by atoms with Gasteiger partial charge < -0.3 is 19.5 Å². The molecule has 0 fully saturated rings. The molecular weight excluding hydrogens is 250 g/mol. The summed E-state index contributed by atoms with van der Waals surface area (Å²) in [7, 11) is -1.76. The fraction of sp³-hybridized carbons (Fsp3) is 0.538. The number of ether oxygens (including phenoxy) is 2. The summed E-state index contributed by atoms with van der Waals surface area (Å²) >= 11 is 0. The zero-order chi connectivity index (χ0) is 14.3. The molecule has 0 aliphatic heterocycles. The highest BCUT2D eigenvalue weighted by molar-refractivity contribution is 6.59. The van der Waals surface area contributed by atoms with E-state index >= 15 is 0 Å². The van der Waals surface area contributed by atoms with Crippen LogP contribution in [0, 0.1) is 11.7 Å². The molecule has 0 spiro atoms. The van der Waals surface area contributed by atoms with Crippen molar-refractivity contribution in [3.8, 4) is 5.75 Å². The molecule has 0 aliphatic rings. The molecule has 4 nitrogen and oxygen atoms in total. The van der Waals surface area contributed by atoms with Crippen molar-refractivity contribution in [1.82, 2.24) is 0 Å². The average molecular weight is 270 g/mol. The van der Waals surface area contributed by atoms with Gasteiger partial charge in [0.25, 0.3) is 0 Å². The zero-order valence-corrected chi connectivity index (χ0v) is 11.3. The molecule has 0 radical (unpaired) electrons. The van der Waals surface area contributed by atoms with Gasteiger partial charge in [-0.05, 0) is 30.5 Å². The molecule has 2 N–H and O–H groups in total. The van der Waals surface area contributed by atoms with Gasteiger partial charge in [0.1, 0.15) is 18.2 Å². The predicted octanol–water partition coefficient (Wildman–Crippen LogP) is 0.947. The summed E-state index contributed by atoms with van der Waals surface area (Å²) in [5.41, 5.74) is 0.0159. The topological polar surface area (TPSA) is 58.9 Å². The number of hydrogen-bond donors (Lipinski definition) is 2. The van der Waals surface area contributed by atoms with Crippen LogP contribution >= 0.6 is 0 Å². The standard InChI is InChI=1S/C13H20BFO4/c1-10(2)5-6-18-7-8-19-13-4-3-11(15)9-12(13)14(16)17/h3-4,9-10,16-17H,5-8H2,1-2H3. The Bertz CT molecular complexity index is 385. The van der Waals surface area contributed by atoms with E-state index in [1.807, 2.05) is 0 Å². The van der Waals surface area contributed by atoms with Gasteiger partial charge in [-0.15, -0.1) is 0 Å². The van der Waals surface area contributed by atoms with Crippen LogP contribution in [0.1, 0.15) is 20.3 Å². The minimum absolute atomic E-state index is 0.0159. The van der Waals surface area contributed by atoms with Crippen molar-refractivity contribution in [2.45, 2.75) is 20.3 Å². The summed E-state index contributed by atoms with van der Waals surface area (Å²) in [5, 5.41) is 18.2. The lowest BCUT2D eigenvalue weighted by molar-refractivity contribution is 0.0928. The van der Waals surface area contributed by atoms with E-state index in [1.165, 1.54) is 12.1 Å². The predicted molar refractivity (Wildman–Crippen MR) is 72.0 cm³/mol. The molecule has 0 aromatic heterocycles. The molecule has 1 rings (SSSR count). The molecule has 6 heteroatoms. The molecule has 0 aliphatic carbocycles. The third-order valence-electron chi connectivity index (χ3n) is 2.57. The van der Waals surface area contributed by atoms with Gasteiger partial charge in [-0.2, -0.15) is 0 Å². The van der Waals surface area contributed by atoms with Crippen LogP contribution in [-0.2, 0) is 4.74 Å². The van der Waals surface area contributed by atoms with Crippen molar-refractivity contribution in [3.05, 3.63) is 24.0 Å². The number of benzene rings is 1. The Balaban J connectivity index is 2.37. The maximum Gasteiger partial charge on any atom is 0.492 e. The molecule has 0 unspecified atom stereocenters. The number of halogens is 1. The lowest BCUT2D eigenvalue weighted by atomic mass is 9.79. The molecule has 0 heterocycles. The van der Waals surface area contributed by atoms with Gasteiger partial charge in [-0.1, -0.05) is 13.8 Å². The highest BCUT2D eigenvalue weighted by Crippen LogP contribution is 2.09. The summed E-state index contributed by atoms with van der Waals surface area (Å²) in [4.78, 5) is 0. The third kappa shape index (κ3) is 6.05. The second-order valence-electron chi connectivity index (χ2n) is 4.70. The Morgan fingerprint density at radius 1 is 1.21 bits per heavy atom. The van der Waals surface area contributed by atoms with Gasteiger partial charge in [-0.25, -0.2) is 4.39 Å². The average Bonchev–Trinajstić information content (AvgIpc) is 2.34. The normalized spacial score (nSPS) is 10.8. The molecular formula is C13H20BFO4. The van der Waals surface area contributed by atoms with Gasteiger partial charge in [0.15, 0.2) is 0 Å². The summed E-state index contributed by atoms with van der Waals surface area (Å²) in [5.74, 6) is 0.307. The molecule has 0 amide bonds. The quantitative estimate of drug-likeness (QED) is 0.545. The monoisotopic (exact) mass is 270 g/mol. The third-order valence-corrected chi connectivity index (χ3v) is 2.57. The lowest BCUT2D eigenvalue weighted by Gasteiger charge is -2.11. The van der Waals surface area contributed by atoms with Gasteiger partial charge in [0.05, 0.1) is 6.61 Å². The van der Waals surface area contributed by atoms with Crippen molar-refractivity contribution in [2.75, 3.05) is 19.8 Å². The van der Waals surface area contributed by atoms with Gasteiger partial charge in [0.2, 0.25) is 0 Å². The Kier molecular flexibility index (Phi) is 6.84. The van der Waals surface area contributed by atoms with E-state index in [9.17, 15) is 4.39 Å². The number of hydrogen-bond acceptors (Lipinski definition) is 4. The first-order chi connectivity index (χ1) is 9.00. The summed E-state index contributed by atoms with van der Waals surface area (Å²) < 4.78 is 23.7. The van der Waals surface area contributed by atoms with E-state index < -0.39 is 12.9 Å². The van der Waals surface area contributed by atoms with E-state index in [-0.39, 0.29) is 17.8 Å². The molecule has 1 aromatic carbocycles. The van der Waals surface area contributed by atoms with E-state index in [4.69, 9.17) is 19.5 Å². The molecule has 19 heavy (non-hydrogen) atoms. The highest BCUT2D eigenvalue weighted by Gasteiger charge is 2.18. The molecule has 0 atom stereocenters. The van der Waals surface area contributed by atoms with E-state index in [0.717, 1.165) is 12.5 Å². The maximum absolute atomic E-state index is 13.0. The van der Waals surface area contributed by atoms with Crippen LogP contribution in [0.5, 0.6) is 5.75 Å². The first-order valence-electron chi connectivity index (χ1n) is 6.37. The first-order valence-corrected chi connectivity index (χ1v) is 6.37. The molecule has 0 saturated carbocycles. The van der Waals surface area contributed by atoms with Crippen LogP contribution in [0.3, 0.4) is 0 Å². The summed E-state index contributed by atoms with van der Waals surface area (Å²) in [6.45, 7) is 5.59. The largest absolute Gasteiger partial charge is 0.492 e. The Morgan fingerprint density at radius 3 is 2.58 bits per heavy atom. The second-order valence-corrected chi connectivity index (χ2v) is 4.70. The van der Waals surface area contributed by atoms with Crippen molar-refractivity contribution in [1.29, 1.82) is 0 Å². The summed E-state index contributed by atoms with van der Waals surface area (Å²) in [6, 6.07) is 3.62. The van der Waals surface area contributed by atoms with Crippen LogP contribution in [0.15, 0.2) is 18.2 Å². The van der Waals surface area contributed by atoms with E-state index in [1.54, 1.807) is 0 Å². The van der Waals surface area contributed by atoms with E-state index in [0.29, 0.717) is 19.1 Å². The van der Waals surface area contributed by atoms with Crippen LogP contribution in [0.2, 0.25) is 0 Å². The smallest absolute Gasteiger partial charge is 0.492 e. The molecule has 0 bridgehead atoms. The van der Waals surface area contributed by atoms with Crippen LogP contribution in [0.4, 0.5) is 4.39 Å². The highest BCUT2D eigenvalue weighted by atomic mass is 19.1. The fourth-order valence-electron chi connectivity index (χ4n) is 1.48. The number of rotatable bonds is 8. The minimum Gasteiger partial charge on any atom is -0.492 e. The van der Waals surface area contributed by atoms with Gasteiger partial charge >= 0.3 is 7.12 Å². The van der Waals surface area contributed by atoms with Crippen LogP contribution in [-0.4, -0.2) is 37.0 Å².